The van der Waals surface area contributed by atoms with Gasteiger partial charge >= 0.3 is 0 Å². The van der Waals surface area contributed by atoms with Crippen LogP contribution < -0.4 is 0 Å². The van der Waals surface area contributed by atoms with E-state index in [2.05, 4.69) is 27.7 Å². The van der Waals surface area contributed by atoms with Gasteiger partial charge in [0.25, 0.3) is 0 Å². The molecular weight excluding hydrogens is 116 g/mol. The lowest BCUT2D eigenvalue weighted by Crippen LogP contribution is -2.12. The van der Waals surface area contributed by atoms with Gasteiger partial charge in [0.15, 0.2) is 0 Å². The number of hydrogen-bond donors (Lipinski definition) is 0. The van der Waals surface area contributed by atoms with Crippen LogP contribution in [-0.4, -0.2) is 10.5 Å². The third-order valence-corrected chi connectivity index (χ3v) is 2.51. The summed E-state index contributed by atoms with van der Waals surface area (Å²) in [5.41, 5.74) is 0. The van der Waals surface area contributed by atoms with Gasteiger partial charge in [-0.3, -0.25) is 0 Å². The van der Waals surface area contributed by atoms with Crippen LogP contribution >= 0.6 is 11.8 Å². The maximum Gasteiger partial charge on any atom is 0.0129 e. The van der Waals surface area contributed by atoms with Gasteiger partial charge in [0.1, 0.15) is 0 Å². The normalized spacial score (nSPS) is 12.0. The van der Waals surface area contributed by atoms with Crippen LogP contribution in [0, 0.1) is 6.92 Å². The summed E-state index contributed by atoms with van der Waals surface area (Å²) < 4.78 is 0.259. The fraction of sp³-hybridized carbons (Fsp3) is 0.857. The van der Waals surface area contributed by atoms with E-state index in [0.29, 0.717) is 0 Å². The van der Waals surface area contributed by atoms with E-state index < -0.39 is 0 Å². The first-order valence-corrected chi connectivity index (χ1v) is 4.10. The molecule has 0 aromatic rings. The summed E-state index contributed by atoms with van der Waals surface area (Å²) >= 11 is 1.92. The maximum atomic E-state index is 4.04. The van der Waals surface area contributed by atoms with Crippen LogP contribution in [0.25, 0.3) is 0 Å². The zero-order valence-corrected chi connectivity index (χ0v) is 6.85. The van der Waals surface area contributed by atoms with Crippen LogP contribution in [-0.2, 0) is 0 Å². The van der Waals surface area contributed by atoms with E-state index in [4.69, 9.17) is 0 Å². The molecule has 0 fully saturated rings. The highest BCUT2D eigenvalue weighted by Crippen LogP contribution is 2.26. The van der Waals surface area contributed by atoms with Gasteiger partial charge in [0.05, 0.1) is 0 Å². The van der Waals surface area contributed by atoms with Crippen molar-refractivity contribution < 1.29 is 0 Å². The fourth-order valence-corrected chi connectivity index (χ4v) is 1.35. The van der Waals surface area contributed by atoms with Gasteiger partial charge < -0.3 is 0 Å². The second-order valence-electron chi connectivity index (χ2n) is 2.24. The molecule has 0 aromatic heterocycles. The lowest BCUT2D eigenvalue weighted by molar-refractivity contribution is 0.751. The molecule has 0 heterocycles. The average Bonchev–Trinajstić information content (AvgIpc) is 1.67. The predicted octanol–water partition coefficient (Wildman–Crippen LogP) is 2.74. The molecule has 0 saturated carbocycles. The van der Waals surface area contributed by atoms with Crippen LogP contribution in [0.3, 0.4) is 0 Å². The average molecular weight is 131 g/mol. The molecule has 0 rings (SSSR count). The van der Waals surface area contributed by atoms with Crippen LogP contribution in [0.5, 0.6) is 0 Å². The van der Waals surface area contributed by atoms with Crippen LogP contribution in [0.15, 0.2) is 0 Å². The quantitative estimate of drug-likeness (QED) is 0.567. The lowest BCUT2D eigenvalue weighted by atomic mass is 10.1. The molecule has 1 heteroatoms. The van der Waals surface area contributed by atoms with E-state index in [1.54, 1.807) is 0 Å². The zero-order valence-electron chi connectivity index (χ0n) is 6.03. The number of thioether (sulfide) groups is 1. The van der Waals surface area contributed by atoms with Crippen molar-refractivity contribution in [3.63, 3.8) is 0 Å². The Hall–Kier alpha value is 0.350. The molecule has 1 radical (unpaired) electrons. The monoisotopic (exact) mass is 131 g/mol. The summed E-state index contributed by atoms with van der Waals surface area (Å²) in [7, 11) is 0. The first-order chi connectivity index (χ1) is 3.62. The van der Waals surface area contributed by atoms with Gasteiger partial charge in [-0.15, -0.1) is 0 Å². The second kappa shape index (κ2) is 3.39. The minimum atomic E-state index is 0.259. The molecule has 0 aromatic carbocycles. The third-order valence-electron chi connectivity index (χ3n) is 1.24. The summed E-state index contributed by atoms with van der Waals surface area (Å²) in [6.45, 7) is 10.6. The summed E-state index contributed by atoms with van der Waals surface area (Å²) in [5.74, 6) is 1.17. The van der Waals surface area contributed by atoms with Crippen molar-refractivity contribution in [3.8, 4) is 0 Å². The first kappa shape index (κ1) is 8.35. The molecule has 0 aliphatic carbocycles. The van der Waals surface area contributed by atoms with Crippen molar-refractivity contribution in [2.75, 3.05) is 5.75 Å². The highest BCUT2D eigenvalue weighted by Gasteiger charge is 2.12. The summed E-state index contributed by atoms with van der Waals surface area (Å²) in [6.07, 6.45) is 1.16. The zero-order chi connectivity index (χ0) is 6.62. The van der Waals surface area contributed by atoms with Crippen LogP contribution in [0.4, 0.5) is 0 Å². The van der Waals surface area contributed by atoms with Crippen molar-refractivity contribution in [1.29, 1.82) is 0 Å². The molecular formula is C7H15S. The Morgan fingerprint density at radius 1 is 1.50 bits per heavy atom. The molecule has 0 aliphatic heterocycles. The van der Waals surface area contributed by atoms with Crippen molar-refractivity contribution in [2.24, 2.45) is 0 Å². The Morgan fingerprint density at radius 2 is 2.00 bits per heavy atom. The Morgan fingerprint density at radius 3 is 2.12 bits per heavy atom. The summed E-state index contributed by atoms with van der Waals surface area (Å²) in [4.78, 5) is 0. The Bertz CT molecular complexity index is 57.4. The van der Waals surface area contributed by atoms with E-state index >= 15 is 0 Å². The van der Waals surface area contributed by atoms with E-state index in [0.717, 1.165) is 6.42 Å². The smallest absolute Gasteiger partial charge is 0.0129 e. The van der Waals surface area contributed by atoms with Crippen molar-refractivity contribution in [3.05, 3.63) is 6.92 Å². The van der Waals surface area contributed by atoms with Gasteiger partial charge in [-0.1, -0.05) is 20.8 Å². The minimum Gasteiger partial charge on any atom is -0.156 e. The van der Waals surface area contributed by atoms with Crippen LogP contribution in [0.1, 0.15) is 27.2 Å². The first-order valence-electron chi connectivity index (χ1n) is 3.11. The fourth-order valence-electron chi connectivity index (χ4n) is 0.451. The molecule has 49 valence electrons. The summed E-state index contributed by atoms with van der Waals surface area (Å²) in [5, 5.41) is 0. The van der Waals surface area contributed by atoms with E-state index in [1.807, 2.05) is 11.8 Å². The Labute approximate surface area is 57.1 Å². The molecule has 0 bridgehead atoms. The molecule has 8 heavy (non-hydrogen) atoms. The SMILES string of the molecule is [CH2]C(C)(CC)SCC. The lowest BCUT2D eigenvalue weighted by Gasteiger charge is -2.19. The predicted molar refractivity (Wildman–Crippen MR) is 42.2 cm³/mol. The molecule has 0 amide bonds. The van der Waals surface area contributed by atoms with E-state index in [1.165, 1.54) is 5.75 Å². The number of hydrogen-bond acceptors (Lipinski definition) is 1. The largest absolute Gasteiger partial charge is 0.156 e. The number of rotatable bonds is 3. The molecule has 0 aliphatic rings. The molecule has 0 N–H and O–H groups in total. The Kier molecular flexibility index (Phi) is 3.54. The maximum absolute atomic E-state index is 4.04. The van der Waals surface area contributed by atoms with Gasteiger partial charge in [0.2, 0.25) is 0 Å². The van der Waals surface area contributed by atoms with Crippen LogP contribution in [0.2, 0.25) is 0 Å². The molecule has 0 nitrogen and oxygen atoms in total. The van der Waals surface area contributed by atoms with Crippen molar-refractivity contribution in [2.45, 2.75) is 31.9 Å². The minimum absolute atomic E-state index is 0.259. The molecule has 0 spiro atoms. The van der Waals surface area contributed by atoms with E-state index in [9.17, 15) is 0 Å². The van der Waals surface area contributed by atoms with E-state index in [-0.39, 0.29) is 4.75 Å². The van der Waals surface area contributed by atoms with Gasteiger partial charge in [0, 0.05) is 4.75 Å². The second-order valence-corrected chi connectivity index (χ2v) is 4.09. The molecule has 1 atom stereocenters. The van der Waals surface area contributed by atoms with Gasteiger partial charge in [-0.2, -0.15) is 11.8 Å². The third kappa shape index (κ3) is 3.36. The Balaban J connectivity index is 3.37. The highest BCUT2D eigenvalue weighted by molar-refractivity contribution is 8.00. The molecule has 1 unspecified atom stereocenters. The summed E-state index contributed by atoms with van der Waals surface area (Å²) in [6, 6.07) is 0. The standard InChI is InChI=1S/C7H15S/c1-5-7(3,4)8-6-2/h3,5-6H2,1-2,4H3. The van der Waals surface area contributed by atoms with Crippen molar-refractivity contribution in [1.82, 2.24) is 0 Å². The molecule has 0 saturated heterocycles. The van der Waals surface area contributed by atoms with Crippen molar-refractivity contribution >= 4 is 11.8 Å². The van der Waals surface area contributed by atoms with Gasteiger partial charge in [-0.05, 0) is 19.1 Å². The van der Waals surface area contributed by atoms with Gasteiger partial charge in [-0.25, -0.2) is 0 Å². The highest BCUT2D eigenvalue weighted by atomic mass is 32.2. The topological polar surface area (TPSA) is 0 Å².